The van der Waals surface area contributed by atoms with E-state index in [1.807, 2.05) is 38.1 Å². The Balaban J connectivity index is 1.52. The van der Waals surface area contributed by atoms with Gasteiger partial charge in [-0.2, -0.15) is 0 Å². The number of hydrogen-bond donors (Lipinski definition) is 1. The molecule has 0 spiro atoms. The van der Waals surface area contributed by atoms with Gasteiger partial charge < -0.3 is 29.2 Å². The van der Waals surface area contributed by atoms with Crippen molar-refractivity contribution in [3.8, 4) is 11.5 Å². The number of esters is 1. The summed E-state index contributed by atoms with van der Waals surface area (Å²) >= 11 is 0. The molecule has 2 aromatic rings. The fourth-order valence-electron chi connectivity index (χ4n) is 3.17. The third-order valence-corrected chi connectivity index (χ3v) is 4.64. The monoisotopic (exact) mass is 428 g/mol. The van der Waals surface area contributed by atoms with Crippen LogP contribution in [0.1, 0.15) is 24.2 Å². The van der Waals surface area contributed by atoms with Gasteiger partial charge in [0, 0.05) is 24.5 Å². The molecule has 0 saturated carbocycles. The number of carbonyl (C=O) groups excluding carboxylic acids is 2. The van der Waals surface area contributed by atoms with Gasteiger partial charge in [0.1, 0.15) is 0 Å². The molecule has 1 fully saturated rings. The van der Waals surface area contributed by atoms with E-state index >= 15 is 0 Å². The fourth-order valence-corrected chi connectivity index (χ4v) is 3.17. The minimum Gasteiger partial charge on any atom is -0.490 e. The summed E-state index contributed by atoms with van der Waals surface area (Å²) in [5.41, 5.74) is 2.00. The number of nitrogens with one attached hydrogen (secondary N) is 1. The molecular formula is C23H28N2O6. The summed E-state index contributed by atoms with van der Waals surface area (Å²) in [5, 5.41) is 2.73. The molecule has 0 aromatic heterocycles. The van der Waals surface area contributed by atoms with Gasteiger partial charge in [-0.1, -0.05) is 0 Å². The molecule has 0 bridgehead atoms. The quantitative estimate of drug-likeness (QED) is 0.614. The highest BCUT2D eigenvalue weighted by molar-refractivity contribution is 5.95. The highest BCUT2D eigenvalue weighted by atomic mass is 16.5. The first-order valence-electron chi connectivity index (χ1n) is 10.4. The number of benzene rings is 2. The number of nitrogens with zero attached hydrogens (tertiary/aromatic N) is 1. The summed E-state index contributed by atoms with van der Waals surface area (Å²) in [7, 11) is 0. The van der Waals surface area contributed by atoms with Crippen LogP contribution in [0.15, 0.2) is 42.5 Å². The lowest BCUT2D eigenvalue weighted by atomic mass is 10.2. The molecule has 1 saturated heterocycles. The van der Waals surface area contributed by atoms with E-state index in [2.05, 4.69) is 10.2 Å². The predicted octanol–water partition coefficient (Wildman–Crippen LogP) is 3.12. The van der Waals surface area contributed by atoms with Gasteiger partial charge in [-0.05, 0) is 56.3 Å². The van der Waals surface area contributed by atoms with E-state index in [-0.39, 0.29) is 12.2 Å². The van der Waals surface area contributed by atoms with E-state index in [1.54, 1.807) is 18.2 Å². The van der Waals surface area contributed by atoms with Gasteiger partial charge in [-0.3, -0.25) is 4.79 Å². The minimum absolute atomic E-state index is 0.287. The Hall–Kier alpha value is -3.26. The third kappa shape index (κ3) is 6.36. The summed E-state index contributed by atoms with van der Waals surface area (Å²) in [4.78, 5) is 26.7. The van der Waals surface area contributed by atoms with Gasteiger partial charge in [-0.25, -0.2) is 4.79 Å². The lowest BCUT2D eigenvalue weighted by Gasteiger charge is -2.28. The van der Waals surface area contributed by atoms with E-state index in [0.29, 0.717) is 43.6 Å². The van der Waals surface area contributed by atoms with E-state index in [4.69, 9.17) is 18.9 Å². The molecule has 0 unspecified atom stereocenters. The van der Waals surface area contributed by atoms with Crippen molar-refractivity contribution in [3.05, 3.63) is 48.0 Å². The van der Waals surface area contributed by atoms with Crippen molar-refractivity contribution in [2.45, 2.75) is 13.8 Å². The molecule has 8 heteroatoms. The first kappa shape index (κ1) is 22.4. The van der Waals surface area contributed by atoms with Crippen LogP contribution in [0.4, 0.5) is 11.4 Å². The number of carbonyl (C=O) groups is 2. The molecule has 1 N–H and O–H groups in total. The third-order valence-electron chi connectivity index (χ3n) is 4.64. The molecule has 1 amide bonds. The van der Waals surface area contributed by atoms with Crippen LogP contribution in [0.2, 0.25) is 0 Å². The Bertz CT molecular complexity index is 878. The molecule has 0 atom stereocenters. The molecule has 2 aromatic carbocycles. The average molecular weight is 428 g/mol. The molecule has 1 heterocycles. The average Bonchev–Trinajstić information content (AvgIpc) is 2.80. The molecule has 31 heavy (non-hydrogen) atoms. The smallest absolute Gasteiger partial charge is 0.338 e. The number of morpholine rings is 1. The Morgan fingerprint density at radius 1 is 0.968 bits per heavy atom. The largest absolute Gasteiger partial charge is 0.490 e. The van der Waals surface area contributed by atoms with Crippen LogP contribution in [-0.2, 0) is 14.3 Å². The van der Waals surface area contributed by atoms with Gasteiger partial charge in [0.2, 0.25) is 0 Å². The zero-order valence-corrected chi connectivity index (χ0v) is 17.9. The molecule has 1 aliphatic rings. The summed E-state index contributed by atoms with van der Waals surface area (Å²) in [6.45, 7) is 7.36. The van der Waals surface area contributed by atoms with Crippen molar-refractivity contribution in [2.75, 3.05) is 56.3 Å². The second-order valence-corrected chi connectivity index (χ2v) is 6.80. The zero-order valence-electron chi connectivity index (χ0n) is 17.9. The summed E-state index contributed by atoms with van der Waals surface area (Å²) < 4.78 is 21.5. The highest BCUT2D eigenvalue weighted by Gasteiger charge is 2.15. The second kappa shape index (κ2) is 11.2. The first-order valence-corrected chi connectivity index (χ1v) is 10.4. The number of ether oxygens (including phenoxy) is 4. The van der Waals surface area contributed by atoms with E-state index in [0.717, 1.165) is 18.8 Å². The lowest BCUT2D eigenvalue weighted by Crippen LogP contribution is -2.36. The van der Waals surface area contributed by atoms with Crippen LogP contribution in [0.5, 0.6) is 11.5 Å². The molecule has 0 aliphatic carbocycles. The summed E-state index contributed by atoms with van der Waals surface area (Å²) in [5.74, 6) is -0.00645. The Kier molecular flexibility index (Phi) is 8.12. The SMILES string of the molecule is CCOc1ccc(C(=O)OCC(=O)Nc2ccc(N3CCOCC3)cc2)cc1OCC. The van der Waals surface area contributed by atoms with E-state index in [9.17, 15) is 9.59 Å². The predicted molar refractivity (Wildman–Crippen MR) is 117 cm³/mol. The van der Waals surface area contributed by atoms with Crippen LogP contribution in [0.25, 0.3) is 0 Å². The first-order chi connectivity index (χ1) is 15.1. The van der Waals surface area contributed by atoms with Gasteiger partial charge in [-0.15, -0.1) is 0 Å². The summed E-state index contributed by atoms with van der Waals surface area (Å²) in [6, 6.07) is 12.3. The van der Waals surface area contributed by atoms with Crippen LogP contribution in [0, 0.1) is 0 Å². The van der Waals surface area contributed by atoms with Crippen LogP contribution < -0.4 is 19.7 Å². The molecular weight excluding hydrogens is 400 g/mol. The lowest BCUT2D eigenvalue weighted by molar-refractivity contribution is -0.119. The van der Waals surface area contributed by atoms with Crippen molar-refractivity contribution in [1.29, 1.82) is 0 Å². The van der Waals surface area contributed by atoms with Crippen molar-refractivity contribution in [2.24, 2.45) is 0 Å². The van der Waals surface area contributed by atoms with Crippen molar-refractivity contribution in [1.82, 2.24) is 0 Å². The number of amides is 1. The van der Waals surface area contributed by atoms with Crippen LogP contribution in [-0.4, -0.2) is 58.0 Å². The van der Waals surface area contributed by atoms with Crippen molar-refractivity contribution in [3.63, 3.8) is 0 Å². The van der Waals surface area contributed by atoms with Crippen LogP contribution in [0.3, 0.4) is 0 Å². The molecule has 8 nitrogen and oxygen atoms in total. The van der Waals surface area contributed by atoms with Crippen molar-refractivity contribution >= 4 is 23.3 Å². The van der Waals surface area contributed by atoms with Crippen molar-refractivity contribution < 1.29 is 28.5 Å². The Labute approximate surface area is 182 Å². The summed E-state index contributed by atoms with van der Waals surface area (Å²) in [6.07, 6.45) is 0. The standard InChI is InChI=1S/C23H28N2O6/c1-3-29-20-10-5-17(15-21(20)30-4-2)23(27)31-16-22(26)24-18-6-8-19(9-7-18)25-11-13-28-14-12-25/h5-10,15H,3-4,11-14,16H2,1-2H3,(H,24,26). The maximum Gasteiger partial charge on any atom is 0.338 e. The molecule has 1 aliphatic heterocycles. The normalized spacial score (nSPS) is 13.4. The molecule has 3 rings (SSSR count). The van der Waals surface area contributed by atoms with E-state index in [1.165, 1.54) is 0 Å². The van der Waals surface area contributed by atoms with Gasteiger partial charge in [0.15, 0.2) is 18.1 Å². The Morgan fingerprint density at radius 3 is 2.32 bits per heavy atom. The number of anilines is 2. The maximum atomic E-state index is 12.3. The van der Waals surface area contributed by atoms with E-state index < -0.39 is 11.9 Å². The minimum atomic E-state index is -0.609. The number of rotatable bonds is 9. The number of hydrogen-bond acceptors (Lipinski definition) is 7. The van der Waals surface area contributed by atoms with Crippen LogP contribution >= 0.6 is 0 Å². The Morgan fingerprint density at radius 2 is 1.65 bits per heavy atom. The fraction of sp³-hybridized carbons (Fsp3) is 0.391. The second-order valence-electron chi connectivity index (χ2n) is 6.80. The van der Waals surface area contributed by atoms with Gasteiger partial charge in [0.25, 0.3) is 5.91 Å². The molecule has 166 valence electrons. The van der Waals surface area contributed by atoms with Gasteiger partial charge >= 0.3 is 5.97 Å². The maximum absolute atomic E-state index is 12.3. The zero-order chi connectivity index (χ0) is 22.1. The topological polar surface area (TPSA) is 86.3 Å². The van der Waals surface area contributed by atoms with Gasteiger partial charge in [0.05, 0.1) is 32.0 Å². The molecule has 0 radical (unpaired) electrons. The highest BCUT2D eigenvalue weighted by Crippen LogP contribution is 2.28.